The minimum Gasteiger partial charge on any atom is -0.443 e. The van der Waals surface area contributed by atoms with Gasteiger partial charge in [-0.25, -0.2) is 9.78 Å². The smallest absolute Gasteiger partial charge is 0.414 e. The standard InChI is InChI=1S/C24H31N3O3S/c1-15-6-8-19(27(14-15)23(29)30-24(2,3)4)16-7-9-20-18(12-16)25-22(31-20)17-10-11-26(5)21(28)13-17/h7-9,12,15,17H,6,10-11,13-14H2,1-5H3/t15-,17?/m0/s1. The molecule has 1 unspecified atom stereocenters. The molecule has 2 aromatic rings. The molecule has 2 aliphatic rings. The third-order valence-corrected chi connectivity index (χ3v) is 7.02. The number of nitrogens with zero attached hydrogens (tertiary/aromatic N) is 3. The van der Waals surface area contributed by atoms with Gasteiger partial charge in [0.2, 0.25) is 5.91 Å². The van der Waals surface area contributed by atoms with Crippen molar-refractivity contribution < 1.29 is 14.3 Å². The highest BCUT2D eigenvalue weighted by molar-refractivity contribution is 7.18. The van der Waals surface area contributed by atoms with Crippen LogP contribution in [0.15, 0.2) is 24.3 Å². The Morgan fingerprint density at radius 3 is 2.77 bits per heavy atom. The van der Waals surface area contributed by atoms with Crippen LogP contribution in [0.1, 0.15) is 63.4 Å². The number of benzene rings is 1. The fourth-order valence-corrected chi connectivity index (χ4v) is 5.19. The molecule has 7 heteroatoms. The average molecular weight is 442 g/mol. The Bertz CT molecular complexity index is 1040. The van der Waals surface area contributed by atoms with E-state index in [9.17, 15) is 9.59 Å². The molecule has 1 aromatic heterocycles. The molecular formula is C24H31N3O3S. The second-order valence-electron chi connectivity index (χ2n) is 9.76. The van der Waals surface area contributed by atoms with Crippen LogP contribution in [-0.2, 0) is 9.53 Å². The van der Waals surface area contributed by atoms with Gasteiger partial charge in [-0.05, 0) is 51.7 Å². The summed E-state index contributed by atoms with van der Waals surface area (Å²) >= 11 is 1.67. The van der Waals surface area contributed by atoms with E-state index in [1.165, 1.54) is 0 Å². The number of amides is 2. The first kappa shape index (κ1) is 21.8. The molecule has 31 heavy (non-hydrogen) atoms. The van der Waals surface area contributed by atoms with Gasteiger partial charge in [-0.15, -0.1) is 11.3 Å². The topological polar surface area (TPSA) is 62.7 Å². The van der Waals surface area contributed by atoms with Gasteiger partial charge >= 0.3 is 6.09 Å². The normalized spacial score (nSPS) is 22.6. The van der Waals surface area contributed by atoms with E-state index >= 15 is 0 Å². The molecule has 0 radical (unpaired) electrons. The predicted molar refractivity (Wildman–Crippen MR) is 124 cm³/mol. The summed E-state index contributed by atoms with van der Waals surface area (Å²) in [4.78, 5) is 33.4. The van der Waals surface area contributed by atoms with Crippen molar-refractivity contribution in [2.24, 2.45) is 5.92 Å². The quantitative estimate of drug-likeness (QED) is 0.639. The van der Waals surface area contributed by atoms with E-state index in [1.54, 1.807) is 21.1 Å². The Morgan fingerprint density at radius 1 is 1.29 bits per heavy atom. The van der Waals surface area contributed by atoms with Crippen LogP contribution < -0.4 is 0 Å². The van der Waals surface area contributed by atoms with Crippen LogP contribution in [0.25, 0.3) is 15.9 Å². The molecule has 0 bridgehead atoms. The summed E-state index contributed by atoms with van der Waals surface area (Å²) in [5, 5.41) is 1.03. The zero-order valence-corrected chi connectivity index (χ0v) is 19.8. The summed E-state index contributed by atoms with van der Waals surface area (Å²) in [6.07, 6.45) is 4.21. The van der Waals surface area contributed by atoms with Gasteiger partial charge in [-0.3, -0.25) is 9.69 Å². The molecule has 1 aromatic carbocycles. The number of piperidine rings is 1. The molecule has 6 nitrogen and oxygen atoms in total. The second kappa shape index (κ2) is 8.26. The van der Waals surface area contributed by atoms with Gasteiger partial charge in [0, 0.05) is 38.0 Å². The van der Waals surface area contributed by atoms with E-state index in [4.69, 9.17) is 9.72 Å². The Kier molecular flexibility index (Phi) is 5.81. The molecule has 1 fully saturated rings. The number of aromatic nitrogens is 1. The van der Waals surface area contributed by atoms with E-state index in [0.29, 0.717) is 18.9 Å². The van der Waals surface area contributed by atoms with Crippen LogP contribution >= 0.6 is 11.3 Å². The van der Waals surface area contributed by atoms with Crippen molar-refractivity contribution in [2.45, 2.75) is 58.5 Å². The molecule has 2 atom stereocenters. The van der Waals surface area contributed by atoms with Gasteiger partial charge in [0.15, 0.2) is 0 Å². The van der Waals surface area contributed by atoms with Crippen LogP contribution in [0, 0.1) is 5.92 Å². The van der Waals surface area contributed by atoms with Crippen molar-refractivity contribution in [3.05, 3.63) is 34.8 Å². The molecule has 3 heterocycles. The number of carbonyl (C=O) groups is 2. The number of carbonyl (C=O) groups excluding carboxylic acids is 2. The van der Waals surface area contributed by atoms with Crippen LogP contribution in [0.2, 0.25) is 0 Å². The predicted octanol–water partition coefficient (Wildman–Crippen LogP) is 5.25. The molecule has 2 amide bonds. The number of ether oxygens (including phenoxy) is 1. The molecule has 4 rings (SSSR count). The number of fused-ring (bicyclic) bond motifs is 1. The van der Waals surface area contributed by atoms with Gasteiger partial charge < -0.3 is 9.64 Å². The van der Waals surface area contributed by atoms with E-state index in [1.807, 2.05) is 27.8 Å². The third kappa shape index (κ3) is 4.76. The lowest BCUT2D eigenvalue weighted by molar-refractivity contribution is -0.132. The van der Waals surface area contributed by atoms with E-state index in [2.05, 4.69) is 31.2 Å². The average Bonchev–Trinajstić information content (AvgIpc) is 3.12. The number of hydrogen-bond donors (Lipinski definition) is 0. The first-order chi connectivity index (χ1) is 14.6. The van der Waals surface area contributed by atoms with E-state index in [0.717, 1.165) is 45.9 Å². The zero-order valence-electron chi connectivity index (χ0n) is 19.0. The molecule has 1 saturated heterocycles. The summed E-state index contributed by atoms with van der Waals surface area (Å²) < 4.78 is 6.77. The summed E-state index contributed by atoms with van der Waals surface area (Å²) in [5.74, 6) is 0.760. The van der Waals surface area contributed by atoms with E-state index < -0.39 is 5.60 Å². The Balaban J connectivity index is 1.62. The minimum absolute atomic E-state index is 0.186. The van der Waals surface area contributed by atoms with Crippen molar-refractivity contribution >= 4 is 39.3 Å². The molecule has 0 spiro atoms. The fourth-order valence-electron chi connectivity index (χ4n) is 4.10. The van der Waals surface area contributed by atoms with Crippen molar-refractivity contribution in [1.82, 2.24) is 14.8 Å². The Morgan fingerprint density at radius 2 is 2.06 bits per heavy atom. The van der Waals surface area contributed by atoms with Gasteiger partial charge in [0.05, 0.1) is 20.9 Å². The third-order valence-electron chi connectivity index (χ3n) is 5.82. The van der Waals surface area contributed by atoms with Crippen molar-refractivity contribution in [2.75, 3.05) is 20.1 Å². The number of rotatable bonds is 2. The van der Waals surface area contributed by atoms with Gasteiger partial charge in [-0.2, -0.15) is 0 Å². The Hall–Kier alpha value is -2.41. The lowest BCUT2D eigenvalue weighted by Crippen LogP contribution is -2.39. The van der Waals surface area contributed by atoms with Gasteiger partial charge in [0.1, 0.15) is 5.60 Å². The van der Waals surface area contributed by atoms with Crippen molar-refractivity contribution in [3.63, 3.8) is 0 Å². The maximum atomic E-state index is 12.9. The molecule has 166 valence electrons. The highest BCUT2D eigenvalue weighted by Gasteiger charge is 2.30. The SMILES string of the molecule is C[C@H]1CC=C(c2ccc3sc(C4CCN(C)C(=O)C4)nc3c2)N(C(=O)OC(C)(C)C)C1. The summed E-state index contributed by atoms with van der Waals surface area (Å²) in [6, 6.07) is 6.20. The van der Waals surface area contributed by atoms with Crippen LogP contribution in [0.5, 0.6) is 0 Å². The first-order valence-electron chi connectivity index (χ1n) is 11.0. The van der Waals surface area contributed by atoms with E-state index in [-0.39, 0.29) is 17.9 Å². The molecule has 0 aliphatic carbocycles. The summed E-state index contributed by atoms with van der Waals surface area (Å²) in [5.41, 5.74) is 2.25. The minimum atomic E-state index is -0.540. The van der Waals surface area contributed by atoms with Crippen molar-refractivity contribution in [1.29, 1.82) is 0 Å². The lowest BCUT2D eigenvalue weighted by atomic mass is 9.97. The largest absolute Gasteiger partial charge is 0.443 e. The lowest BCUT2D eigenvalue weighted by Gasteiger charge is -2.33. The highest BCUT2D eigenvalue weighted by Crippen LogP contribution is 2.36. The summed E-state index contributed by atoms with van der Waals surface area (Å²) in [7, 11) is 1.86. The van der Waals surface area contributed by atoms with Crippen LogP contribution in [-0.4, -0.2) is 52.5 Å². The molecular weight excluding hydrogens is 410 g/mol. The number of hydrogen-bond acceptors (Lipinski definition) is 5. The molecule has 0 N–H and O–H groups in total. The van der Waals surface area contributed by atoms with Crippen LogP contribution in [0.4, 0.5) is 4.79 Å². The molecule has 0 saturated carbocycles. The first-order valence-corrected chi connectivity index (χ1v) is 11.8. The monoisotopic (exact) mass is 441 g/mol. The second-order valence-corrected chi connectivity index (χ2v) is 10.8. The van der Waals surface area contributed by atoms with Gasteiger partial charge in [-0.1, -0.05) is 19.1 Å². The fraction of sp³-hybridized carbons (Fsp3) is 0.542. The maximum absolute atomic E-state index is 12.9. The summed E-state index contributed by atoms with van der Waals surface area (Å²) in [6.45, 7) is 9.22. The molecule has 2 aliphatic heterocycles. The van der Waals surface area contributed by atoms with Gasteiger partial charge in [0.25, 0.3) is 0 Å². The van der Waals surface area contributed by atoms with Crippen LogP contribution in [0.3, 0.4) is 0 Å². The maximum Gasteiger partial charge on any atom is 0.414 e. The highest BCUT2D eigenvalue weighted by atomic mass is 32.1. The number of allylic oxidation sites excluding steroid dienone is 1. The zero-order chi connectivity index (χ0) is 22.3. The number of likely N-dealkylation sites (tertiary alicyclic amines) is 1. The Labute approximate surface area is 187 Å². The number of thiazole rings is 1. The van der Waals surface area contributed by atoms with Crippen molar-refractivity contribution in [3.8, 4) is 0 Å².